The van der Waals surface area contributed by atoms with Crippen LogP contribution in [0.2, 0.25) is 0 Å². The first-order valence-corrected chi connectivity index (χ1v) is 132. The summed E-state index contributed by atoms with van der Waals surface area (Å²) in [7, 11) is -1.47. The predicted molar refractivity (Wildman–Crippen MR) is 656 cm³/mol. The van der Waals surface area contributed by atoms with Crippen LogP contribution in [-0.4, -0.2) is 0 Å². The molecule has 0 aromatic rings. The fraction of sp³-hybridized carbons (Fsp3) is 0. The molecule has 0 amide bonds. The second-order valence-corrected chi connectivity index (χ2v) is 320. The van der Waals surface area contributed by atoms with Crippen LogP contribution in [0, 0.1) is 0 Å². The van der Waals surface area contributed by atoms with Crippen molar-refractivity contribution in [2.45, 2.75) is 0 Å². The smallest absolute Gasteiger partial charge is 0.0451 e. The van der Waals surface area contributed by atoms with Gasteiger partial charge in [-0.25, -0.2) is 0 Å². The van der Waals surface area contributed by atoms with Gasteiger partial charge in [0.15, 0.2) is 0 Å². The summed E-state index contributed by atoms with van der Waals surface area (Å²) in [5.41, 5.74) is 0. The molecule has 0 aliphatic carbocycles. The molecule has 0 fully saturated rings. The maximum Gasteiger partial charge on any atom is 0.0451 e. The van der Waals surface area contributed by atoms with Crippen molar-refractivity contribution in [1.82, 2.24) is 0 Å². The van der Waals surface area contributed by atoms with Crippen molar-refractivity contribution in [2.24, 2.45) is 0 Å². The lowest BCUT2D eigenvalue weighted by molar-refractivity contribution is 4.96. The van der Waals surface area contributed by atoms with E-state index < -0.39 is 152 Å². The Morgan fingerprint density at radius 1 is 0.148 bits per heavy atom. The second-order valence-electron chi connectivity index (χ2n) is 11.6. The van der Waals surface area contributed by atoms with Crippen LogP contribution in [0.15, 0.2) is 0 Å². The van der Waals surface area contributed by atoms with Gasteiger partial charge >= 0.3 is 0 Å². The Bertz CT molecular complexity index is 6720. The summed E-state index contributed by atoms with van der Waals surface area (Å²) in [6, 6.07) is 0. The van der Waals surface area contributed by atoms with Crippen LogP contribution in [0.5, 0.6) is 0 Å². The lowest BCUT2D eigenvalue weighted by Crippen LogP contribution is -2.41. The van der Waals surface area contributed by atoms with Gasteiger partial charge < -0.3 is 0 Å². The van der Waals surface area contributed by atoms with Crippen LogP contribution in [0.3, 0.4) is 0 Å². The van der Waals surface area contributed by atoms with E-state index >= 15 is 0 Å². The molecule has 0 aromatic heterocycles. The fourth-order valence-electron chi connectivity index (χ4n) is 2.72. The maximum absolute atomic E-state index is 6.20. The van der Waals surface area contributed by atoms with Crippen molar-refractivity contribution >= 4 is 822 Å². The normalized spacial score (nSPS) is 17.2. The topological polar surface area (TPSA) is 0 Å². The highest BCUT2D eigenvalue weighted by Gasteiger charge is 2.49. The van der Waals surface area contributed by atoms with Gasteiger partial charge in [-0.15, -0.1) is 0 Å². The van der Waals surface area contributed by atoms with Crippen LogP contribution < -0.4 is 0 Å². The SMILES string of the molecule is S=S(S)S(=S)(=S)S(=S)(=S)S(=S)(=S)S(=S)(=S)S(=S)(=S)S(=S)(=S)S(=S)(=S)S(=S)(=S)S(=S)(=S)S(=S)(=S)S(=S)(=S)S(=S)(=S)S(=S)(=S)S(=S)(=S)S(=S)(=S)S(=S)(=S)S(=S)(=S)S(=S)(=S)S(=S)(=S)S(=S)(=S)S(=S)(=S)S(=S)(=S)S(=S)(=S)S(=S)(=S)S(=S)(=S)S(=S)(=S)S(=S)(=S)S(=S)(=S)I. The van der Waals surface area contributed by atoms with Gasteiger partial charge in [-0.3, -0.25) is 0 Å². The quantitative estimate of drug-likeness (QED) is 0.0514. The van der Waals surface area contributed by atoms with Crippen molar-refractivity contribution < 1.29 is 0 Å². The van der Waals surface area contributed by atoms with E-state index in [0.717, 1.165) is 0 Å². The van der Waals surface area contributed by atoms with Gasteiger partial charge in [-0.1, -0.05) is 11.7 Å². The van der Waals surface area contributed by atoms with Crippen molar-refractivity contribution in [2.75, 3.05) is 0 Å². The number of halogens is 1. The zero-order valence-corrected chi connectivity index (χ0v) is 109. The third-order valence-electron chi connectivity index (χ3n) is 6.92. The van der Waals surface area contributed by atoms with Crippen molar-refractivity contribution in [3.63, 3.8) is 0 Å². The minimum atomic E-state index is -4.14. The summed E-state index contributed by atoms with van der Waals surface area (Å²) in [6.45, 7) is 0. The standard InChI is InChI=1S/HIS87/c1-61(4,5)63(8,9)65(12,13)67(16,17)69(20,21)71(24,25)73(28,29)75(32,33)77(36,37)79(40,41)81(44,45)83(48,49)85(52,53)87(56,57)88(58,59)86(54,55)84(50,51)82(46,47)80(42,43)78(38,39)76(34,35)74(30,31)72(26,27)70(22,23)68(18,19)66(14,15)64(10,11)62(6,7)60(2)3/h(H,2,3). The Labute approximate surface area is 796 Å². The number of hydrogen-bond acceptors (Lipinski definition) is 57. The van der Waals surface area contributed by atoms with E-state index in [1.807, 2.05) is 0 Å². The Hall–Kier alpha value is 23.8. The third kappa shape index (κ3) is 17.5. The Morgan fingerprint density at radius 3 is 0.284 bits per heavy atom. The first-order chi connectivity index (χ1) is 36.7. The highest BCUT2D eigenvalue weighted by Crippen LogP contribution is 2.46. The van der Waals surface area contributed by atoms with Crippen LogP contribution in [0.1, 0.15) is 0 Å². The van der Waals surface area contributed by atoms with Crippen LogP contribution >= 0.6 is 32.9 Å². The Morgan fingerprint density at radius 2 is 0.216 bits per heavy atom. The van der Waals surface area contributed by atoms with E-state index in [2.05, 4.69) is 11.7 Å². The minimum Gasteiger partial charge on any atom is -0.0948 e. The lowest BCUT2D eigenvalue weighted by Gasteiger charge is -2.37. The summed E-state index contributed by atoms with van der Waals surface area (Å²) in [4.78, 5) is 0. The van der Waals surface area contributed by atoms with Gasteiger partial charge in [-0.2, -0.15) is 0 Å². The first kappa shape index (κ1) is 112. The molecule has 530 valence electrons. The van der Waals surface area contributed by atoms with Crippen LogP contribution in [0.25, 0.3) is 0 Å². The van der Waals surface area contributed by atoms with E-state index in [1.54, 1.807) is 21.2 Å². The predicted octanol–water partition coefficient (Wildman–Crippen LogP) is 1.06. The van der Waals surface area contributed by atoms with E-state index in [9.17, 15) is 0 Å². The molecular weight excluding hydrogens is 2920 g/mol. The molecule has 0 nitrogen and oxygen atoms in total. The second kappa shape index (κ2) is 35.2. The molecule has 0 saturated heterocycles. The monoisotopic (exact) mass is 2910 g/mol. The van der Waals surface area contributed by atoms with Gasteiger partial charge in [0.05, 0.1) is 0 Å². The third-order valence-corrected chi connectivity index (χ3v) is 568. The zero-order chi connectivity index (χ0) is 73.6. The van der Waals surface area contributed by atoms with Crippen LogP contribution in [-0.2, 0) is 789 Å². The van der Waals surface area contributed by atoms with Crippen LogP contribution in [0.4, 0.5) is 0 Å². The van der Waals surface area contributed by atoms with Gasteiger partial charge in [-0.05, 0) is 638 Å². The molecule has 0 N–H and O–H groups in total. The summed E-state index contributed by atoms with van der Waals surface area (Å²) in [5.74, 6) is 0. The molecule has 1 atom stereocenters. The maximum atomic E-state index is 6.20. The largest absolute Gasteiger partial charge is 0.0948 e. The molecule has 0 heterocycles. The van der Waals surface area contributed by atoms with E-state index in [0.29, 0.717) is 0 Å². The zero-order valence-electron chi connectivity index (χ0n) is 35.9. The molecular formula is HIS87. The highest BCUT2D eigenvalue weighted by molar-refractivity contribution is 14.2. The van der Waals surface area contributed by atoms with E-state index in [-0.39, 0.29) is 0 Å². The van der Waals surface area contributed by atoms with Gasteiger partial charge in [0.1, 0.15) is 0 Å². The number of thiol groups is 1. The summed E-state index contributed by atoms with van der Waals surface area (Å²) in [5, 5.41) is -105. The van der Waals surface area contributed by atoms with E-state index in [1.165, 1.54) is 0 Å². The molecule has 1 unspecified atom stereocenters. The molecule has 0 aliphatic heterocycles. The van der Waals surface area contributed by atoms with Crippen molar-refractivity contribution in [1.29, 1.82) is 0 Å². The molecule has 0 rings (SSSR count). The molecule has 0 aromatic carbocycles. The number of rotatable bonds is 28. The van der Waals surface area contributed by atoms with Gasteiger partial charge in [0.25, 0.3) is 0 Å². The summed E-state index contributed by atoms with van der Waals surface area (Å²) >= 11 is 350. The number of hydrogen-bond donors (Lipinski definition) is 1. The molecule has 0 radical (unpaired) electrons. The van der Waals surface area contributed by atoms with Crippen molar-refractivity contribution in [3.05, 3.63) is 0 Å². The molecule has 0 bridgehead atoms. The fourth-order valence-corrected chi connectivity index (χ4v) is 671. The lowest BCUT2D eigenvalue weighted by atomic mass is 29.7. The van der Waals surface area contributed by atoms with Crippen molar-refractivity contribution in [3.8, 4) is 0 Å². The molecule has 0 spiro atoms. The minimum absolute atomic E-state index is 1.47. The molecule has 0 saturated carbocycles. The molecule has 88 heavy (non-hydrogen) atoms. The van der Waals surface area contributed by atoms with Gasteiger partial charge in [0.2, 0.25) is 0 Å². The van der Waals surface area contributed by atoms with E-state index in [4.69, 9.17) is 638 Å². The average Bonchev–Trinajstić information content (AvgIpc) is 3.29. The Kier molecular flexibility index (Phi) is 44.7. The molecule has 0 aliphatic rings. The molecule has 88 heteroatoms. The highest BCUT2D eigenvalue weighted by atomic mass is 127. The average molecular weight is 2920 g/mol. The summed E-state index contributed by atoms with van der Waals surface area (Å²) < 4.78 is -2.75. The van der Waals surface area contributed by atoms with Gasteiger partial charge in [0, 0.05) is 173 Å². The first-order valence-electron chi connectivity index (χ1n) is 14.5. The summed E-state index contributed by atoms with van der Waals surface area (Å²) in [6.07, 6.45) is 0. The Balaban J connectivity index is 8.77.